The number of hydrogen-bond donors (Lipinski definition) is 2. The Morgan fingerprint density at radius 1 is 1.60 bits per heavy atom. The Kier molecular flexibility index (Phi) is 2.62. The van der Waals surface area contributed by atoms with Crippen molar-refractivity contribution in [3.63, 3.8) is 0 Å². The molecule has 3 nitrogen and oxygen atoms in total. The van der Waals surface area contributed by atoms with Crippen LogP contribution >= 0.6 is 0 Å². The number of fused-ring (bicyclic) bond motifs is 1. The summed E-state index contributed by atoms with van der Waals surface area (Å²) in [7, 11) is 0. The normalized spacial score (nSPS) is 18.3. The number of carbonyl (C=O) groups is 1. The molecule has 1 unspecified atom stereocenters. The molecule has 1 aliphatic heterocycles. The van der Waals surface area contributed by atoms with Gasteiger partial charge in [0.2, 0.25) is 0 Å². The summed E-state index contributed by atoms with van der Waals surface area (Å²) >= 11 is 0. The lowest BCUT2D eigenvalue weighted by molar-refractivity contribution is -0.136. The fourth-order valence-electron chi connectivity index (χ4n) is 2.06. The Balaban J connectivity index is 2.22. The fraction of sp³-hybridized carbons (Fsp3) is 0.417. The highest BCUT2D eigenvalue weighted by Crippen LogP contribution is 2.34. The second-order valence-electron chi connectivity index (χ2n) is 4.06. The third kappa shape index (κ3) is 1.96. The van der Waals surface area contributed by atoms with Gasteiger partial charge in [-0.25, -0.2) is 0 Å². The second-order valence-corrected chi connectivity index (χ2v) is 4.06. The van der Waals surface area contributed by atoms with Crippen LogP contribution in [0.25, 0.3) is 0 Å². The van der Waals surface area contributed by atoms with Crippen molar-refractivity contribution in [2.45, 2.75) is 25.7 Å². The number of aliphatic carboxylic acids is 1. The molecule has 15 heavy (non-hydrogen) atoms. The molecule has 0 bridgehead atoms. The molecular formula is C12H15NO2. The Morgan fingerprint density at radius 3 is 3.13 bits per heavy atom. The van der Waals surface area contributed by atoms with Crippen molar-refractivity contribution >= 4 is 11.7 Å². The fourth-order valence-corrected chi connectivity index (χ4v) is 2.06. The molecule has 0 aromatic heterocycles. The summed E-state index contributed by atoms with van der Waals surface area (Å²) < 4.78 is 0. The van der Waals surface area contributed by atoms with Crippen molar-refractivity contribution in [1.82, 2.24) is 0 Å². The summed E-state index contributed by atoms with van der Waals surface area (Å²) in [6, 6.07) is 6.14. The van der Waals surface area contributed by atoms with Gasteiger partial charge in [0.15, 0.2) is 0 Å². The molecule has 3 heteroatoms. The minimum atomic E-state index is -0.737. The molecule has 2 rings (SSSR count). The standard InChI is InChI=1S/C12H15NO2/c1-8-7-13-12-9(5-6-11(14)15)3-2-4-10(8)12/h2-4,8,13H,5-7H2,1H3,(H,14,15). The highest BCUT2D eigenvalue weighted by Gasteiger charge is 2.20. The average Bonchev–Trinajstić information content (AvgIpc) is 2.58. The predicted octanol–water partition coefficient (Wildman–Crippen LogP) is 2.23. The SMILES string of the molecule is CC1CNc2c(CCC(=O)O)cccc21. The third-order valence-corrected chi connectivity index (χ3v) is 2.91. The van der Waals surface area contributed by atoms with Crippen LogP contribution < -0.4 is 5.32 Å². The van der Waals surface area contributed by atoms with Crippen LogP contribution in [0.3, 0.4) is 0 Å². The van der Waals surface area contributed by atoms with Crippen molar-refractivity contribution in [2.24, 2.45) is 0 Å². The van der Waals surface area contributed by atoms with Gasteiger partial charge in [0.1, 0.15) is 0 Å². The highest BCUT2D eigenvalue weighted by atomic mass is 16.4. The minimum Gasteiger partial charge on any atom is -0.481 e. The zero-order valence-corrected chi connectivity index (χ0v) is 8.79. The second kappa shape index (κ2) is 3.93. The first-order chi connectivity index (χ1) is 7.18. The maximum atomic E-state index is 10.5. The molecule has 0 fully saturated rings. The summed E-state index contributed by atoms with van der Waals surface area (Å²) in [5.74, 6) is -0.205. The average molecular weight is 205 g/mol. The smallest absolute Gasteiger partial charge is 0.303 e. The number of para-hydroxylation sites is 1. The van der Waals surface area contributed by atoms with Gasteiger partial charge in [-0.3, -0.25) is 4.79 Å². The molecular weight excluding hydrogens is 190 g/mol. The maximum Gasteiger partial charge on any atom is 0.303 e. The van der Waals surface area contributed by atoms with Gasteiger partial charge in [-0.15, -0.1) is 0 Å². The van der Waals surface area contributed by atoms with Gasteiger partial charge in [-0.05, 0) is 17.5 Å². The topological polar surface area (TPSA) is 49.3 Å². The van der Waals surface area contributed by atoms with Gasteiger partial charge in [-0.2, -0.15) is 0 Å². The van der Waals surface area contributed by atoms with Crippen LogP contribution in [-0.4, -0.2) is 17.6 Å². The first-order valence-corrected chi connectivity index (χ1v) is 5.26. The monoisotopic (exact) mass is 205 g/mol. The van der Waals surface area contributed by atoms with Crippen molar-refractivity contribution in [3.8, 4) is 0 Å². The first kappa shape index (κ1) is 10.0. The van der Waals surface area contributed by atoms with Crippen LogP contribution in [0, 0.1) is 0 Å². The van der Waals surface area contributed by atoms with Gasteiger partial charge in [0, 0.05) is 24.6 Å². The number of nitrogens with one attached hydrogen (secondary N) is 1. The molecule has 1 atom stereocenters. The molecule has 80 valence electrons. The summed E-state index contributed by atoms with van der Waals surface area (Å²) in [6.07, 6.45) is 0.810. The molecule has 0 saturated carbocycles. The third-order valence-electron chi connectivity index (χ3n) is 2.91. The number of rotatable bonds is 3. The van der Waals surface area contributed by atoms with Crippen LogP contribution in [-0.2, 0) is 11.2 Å². The van der Waals surface area contributed by atoms with E-state index in [2.05, 4.69) is 18.3 Å². The van der Waals surface area contributed by atoms with Crippen LogP contribution in [0.15, 0.2) is 18.2 Å². The highest BCUT2D eigenvalue weighted by molar-refractivity contribution is 5.69. The molecule has 0 radical (unpaired) electrons. The van der Waals surface area contributed by atoms with E-state index in [0.717, 1.165) is 17.8 Å². The van der Waals surface area contributed by atoms with Crippen LogP contribution in [0.2, 0.25) is 0 Å². The molecule has 1 heterocycles. The number of carboxylic acids is 1. The predicted molar refractivity (Wildman–Crippen MR) is 59.3 cm³/mol. The molecule has 1 aromatic carbocycles. The van der Waals surface area contributed by atoms with E-state index in [1.807, 2.05) is 12.1 Å². The van der Waals surface area contributed by atoms with E-state index >= 15 is 0 Å². The van der Waals surface area contributed by atoms with Crippen LogP contribution in [0.5, 0.6) is 0 Å². The van der Waals surface area contributed by atoms with Gasteiger partial charge >= 0.3 is 5.97 Å². The molecule has 2 N–H and O–H groups in total. The van der Waals surface area contributed by atoms with Gasteiger partial charge in [-0.1, -0.05) is 25.1 Å². The minimum absolute atomic E-state index is 0.201. The van der Waals surface area contributed by atoms with Crippen molar-refractivity contribution in [1.29, 1.82) is 0 Å². The molecule has 1 aliphatic rings. The quantitative estimate of drug-likeness (QED) is 0.795. The van der Waals surface area contributed by atoms with Crippen LogP contribution in [0.4, 0.5) is 5.69 Å². The number of anilines is 1. The Labute approximate surface area is 89.1 Å². The zero-order chi connectivity index (χ0) is 10.8. The maximum absolute atomic E-state index is 10.5. The summed E-state index contributed by atoms with van der Waals surface area (Å²) in [5.41, 5.74) is 3.60. The summed E-state index contributed by atoms with van der Waals surface area (Å²) in [6.45, 7) is 3.14. The van der Waals surface area contributed by atoms with E-state index in [1.54, 1.807) is 0 Å². The molecule has 0 saturated heterocycles. The summed E-state index contributed by atoms with van der Waals surface area (Å²) in [4.78, 5) is 10.5. The molecule has 0 amide bonds. The number of hydrogen-bond acceptors (Lipinski definition) is 2. The van der Waals surface area contributed by atoms with E-state index in [0.29, 0.717) is 12.3 Å². The van der Waals surface area contributed by atoms with Crippen molar-refractivity contribution < 1.29 is 9.90 Å². The molecule has 0 aliphatic carbocycles. The number of aryl methyl sites for hydroxylation is 1. The Bertz CT molecular complexity index is 387. The largest absolute Gasteiger partial charge is 0.481 e. The first-order valence-electron chi connectivity index (χ1n) is 5.26. The lowest BCUT2D eigenvalue weighted by Gasteiger charge is -2.07. The Morgan fingerprint density at radius 2 is 2.40 bits per heavy atom. The lowest BCUT2D eigenvalue weighted by atomic mass is 9.99. The lowest BCUT2D eigenvalue weighted by Crippen LogP contribution is -2.00. The summed E-state index contributed by atoms with van der Waals surface area (Å²) in [5, 5.41) is 12.0. The number of benzene rings is 1. The van der Waals surface area contributed by atoms with Gasteiger partial charge < -0.3 is 10.4 Å². The van der Waals surface area contributed by atoms with Crippen molar-refractivity contribution in [3.05, 3.63) is 29.3 Å². The van der Waals surface area contributed by atoms with Gasteiger partial charge in [0.05, 0.1) is 0 Å². The van der Waals surface area contributed by atoms with Gasteiger partial charge in [0.25, 0.3) is 0 Å². The van der Waals surface area contributed by atoms with E-state index < -0.39 is 5.97 Å². The van der Waals surface area contributed by atoms with E-state index in [1.165, 1.54) is 5.56 Å². The zero-order valence-electron chi connectivity index (χ0n) is 8.79. The van der Waals surface area contributed by atoms with E-state index in [9.17, 15) is 4.79 Å². The Hall–Kier alpha value is -1.51. The number of carboxylic acid groups (broad SMARTS) is 1. The molecule has 0 spiro atoms. The van der Waals surface area contributed by atoms with E-state index in [4.69, 9.17) is 5.11 Å². The molecule has 1 aromatic rings. The van der Waals surface area contributed by atoms with Crippen molar-refractivity contribution in [2.75, 3.05) is 11.9 Å². The van der Waals surface area contributed by atoms with E-state index in [-0.39, 0.29) is 6.42 Å². The van der Waals surface area contributed by atoms with Crippen LogP contribution in [0.1, 0.15) is 30.4 Å².